The molecule has 1 fully saturated rings. The summed E-state index contributed by atoms with van der Waals surface area (Å²) in [5, 5.41) is 3.18. The Bertz CT molecular complexity index is 242. The summed E-state index contributed by atoms with van der Waals surface area (Å²) in [6, 6.07) is -0.102. The summed E-state index contributed by atoms with van der Waals surface area (Å²) in [5.41, 5.74) is 5.45. The molecule has 15 heavy (non-hydrogen) atoms. The SMILES string of the molecule is C/C=C(N)\N=C/C(F)C1CCC(C)CN1. The third kappa shape index (κ3) is 4.00. The lowest BCUT2D eigenvalue weighted by Gasteiger charge is -2.28. The Morgan fingerprint density at radius 3 is 2.87 bits per heavy atom. The van der Waals surface area contributed by atoms with Crippen molar-refractivity contribution in [1.82, 2.24) is 5.32 Å². The largest absolute Gasteiger partial charge is 0.384 e. The van der Waals surface area contributed by atoms with Gasteiger partial charge in [-0.15, -0.1) is 0 Å². The van der Waals surface area contributed by atoms with Crippen molar-refractivity contribution >= 4 is 6.21 Å². The Balaban J connectivity index is 2.40. The molecule has 1 rings (SSSR count). The summed E-state index contributed by atoms with van der Waals surface area (Å²) < 4.78 is 13.6. The molecule has 0 aromatic carbocycles. The first-order valence-corrected chi connectivity index (χ1v) is 5.47. The van der Waals surface area contributed by atoms with Crippen LogP contribution < -0.4 is 11.1 Å². The van der Waals surface area contributed by atoms with Gasteiger partial charge in [0.25, 0.3) is 0 Å². The van der Waals surface area contributed by atoms with Crippen molar-refractivity contribution in [3.8, 4) is 0 Å². The van der Waals surface area contributed by atoms with E-state index in [-0.39, 0.29) is 6.04 Å². The first-order valence-electron chi connectivity index (χ1n) is 5.47. The van der Waals surface area contributed by atoms with E-state index in [0.717, 1.165) is 19.4 Å². The first kappa shape index (κ1) is 12.2. The highest BCUT2D eigenvalue weighted by Gasteiger charge is 2.23. The van der Waals surface area contributed by atoms with Crippen molar-refractivity contribution in [3.63, 3.8) is 0 Å². The molecule has 1 saturated heterocycles. The van der Waals surface area contributed by atoms with Crippen LogP contribution in [0.3, 0.4) is 0 Å². The van der Waals surface area contributed by atoms with E-state index in [0.29, 0.717) is 11.7 Å². The molecule has 3 nitrogen and oxygen atoms in total. The Morgan fingerprint density at radius 1 is 1.60 bits per heavy atom. The van der Waals surface area contributed by atoms with Gasteiger partial charge in [0.15, 0.2) is 6.17 Å². The number of alkyl halides is 1. The third-order valence-corrected chi connectivity index (χ3v) is 2.75. The molecule has 0 aliphatic carbocycles. The van der Waals surface area contributed by atoms with Crippen LogP contribution in [0.5, 0.6) is 0 Å². The fraction of sp³-hybridized carbons (Fsp3) is 0.727. The zero-order valence-corrected chi connectivity index (χ0v) is 9.41. The molecule has 0 bridgehead atoms. The second-order valence-corrected chi connectivity index (χ2v) is 4.13. The second kappa shape index (κ2) is 5.85. The molecule has 0 saturated carbocycles. The lowest BCUT2D eigenvalue weighted by Crippen LogP contribution is -2.44. The fourth-order valence-electron chi connectivity index (χ4n) is 1.63. The van der Waals surface area contributed by atoms with Crippen LogP contribution in [0.2, 0.25) is 0 Å². The molecular formula is C11H20FN3. The van der Waals surface area contributed by atoms with Gasteiger partial charge in [0, 0.05) is 12.3 Å². The first-order chi connectivity index (χ1) is 7.13. The van der Waals surface area contributed by atoms with E-state index in [1.54, 1.807) is 13.0 Å². The molecule has 0 aromatic heterocycles. The van der Waals surface area contributed by atoms with Gasteiger partial charge in [0.05, 0.1) is 0 Å². The van der Waals surface area contributed by atoms with Gasteiger partial charge < -0.3 is 11.1 Å². The van der Waals surface area contributed by atoms with Gasteiger partial charge in [-0.25, -0.2) is 9.38 Å². The lowest BCUT2D eigenvalue weighted by atomic mass is 9.94. The number of hydrogen-bond donors (Lipinski definition) is 2. The highest BCUT2D eigenvalue weighted by atomic mass is 19.1. The van der Waals surface area contributed by atoms with Crippen molar-refractivity contribution in [2.24, 2.45) is 16.6 Å². The highest BCUT2D eigenvalue weighted by molar-refractivity contribution is 5.65. The summed E-state index contributed by atoms with van der Waals surface area (Å²) in [6.07, 6.45) is 3.84. The van der Waals surface area contributed by atoms with Gasteiger partial charge in [0.1, 0.15) is 5.82 Å². The van der Waals surface area contributed by atoms with Crippen LogP contribution in [0, 0.1) is 5.92 Å². The van der Waals surface area contributed by atoms with Gasteiger partial charge in [0.2, 0.25) is 0 Å². The van der Waals surface area contributed by atoms with E-state index in [1.807, 2.05) is 0 Å². The van der Waals surface area contributed by atoms with E-state index in [4.69, 9.17) is 5.73 Å². The molecule has 3 unspecified atom stereocenters. The molecule has 3 N–H and O–H groups in total. The number of aliphatic imine (C=N–C) groups is 1. The Kier molecular flexibility index (Phi) is 4.75. The molecule has 0 amide bonds. The number of halogens is 1. The second-order valence-electron chi connectivity index (χ2n) is 4.13. The smallest absolute Gasteiger partial charge is 0.150 e. The molecule has 1 heterocycles. The van der Waals surface area contributed by atoms with Gasteiger partial charge in [-0.05, 0) is 38.3 Å². The molecule has 1 aliphatic heterocycles. The van der Waals surface area contributed by atoms with Gasteiger partial charge >= 0.3 is 0 Å². The van der Waals surface area contributed by atoms with E-state index >= 15 is 0 Å². The Labute approximate surface area is 90.6 Å². The quantitative estimate of drug-likeness (QED) is 0.700. The van der Waals surface area contributed by atoms with Crippen LogP contribution in [0.1, 0.15) is 26.7 Å². The number of allylic oxidation sites excluding steroid dienone is 1. The number of hydrogen-bond acceptors (Lipinski definition) is 3. The minimum atomic E-state index is -1.05. The average molecular weight is 213 g/mol. The van der Waals surface area contributed by atoms with Gasteiger partial charge in [-0.1, -0.05) is 6.92 Å². The zero-order valence-electron chi connectivity index (χ0n) is 9.41. The van der Waals surface area contributed by atoms with Crippen molar-refractivity contribution in [3.05, 3.63) is 11.9 Å². The standard InChI is InChI=1S/C11H20FN3/c1-3-11(13)15-7-9(12)10-5-4-8(2)6-14-10/h3,7-10,14H,4-6,13H2,1-2H3/b11-3-,15-7-. The molecule has 86 valence electrons. The lowest BCUT2D eigenvalue weighted by molar-refractivity contribution is 0.247. The average Bonchev–Trinajstić information content (AvgIpc) is 2.26. The molecule has 1 aliphatic rings. The van der Waals surface area contributed by atoms with Crippen molar-refractivity contribution in [2.75, 3.05) is 6.54 Å². The summed E-state index contributed by atoms with van der Waals surface area (Å²) in [5.74, 6) is 1.01. The maximum Gasteiger partial charge on any atom is 0.150 e. The minimum Gasteiger partial charge on any atom is -0.384 e. The number of nitrogens with one attached hydrogen (secondary N) is 1. The molecule has 0 radical (unpaired) electrons. The van der Waals surface area contributed by atoms with Crippen molar-refractivity contribution in [1.29, 1.82) is 0 Å². The summed E-state index contributed by atoms with van der Waals surface area (Å²) >= 11 is 0. The van der Waals surface area contributed by atoms with E-state index in [9.17, 15) is 4.39 Å². The van der Waals surface area contributed by atoms with Gasteiger partial charge in [-0.2, -0.15) is 0 Å². The van der Waals surface area contributed by atoms with E-state index in [1.165, 1.54) is 6.21 Å². The van der Waals surface area contributed by atoms with Crippen molar-refractivity contribution < 1.29 is 4.39 Å². The molecule has 3 atom stereocenters. The predicted octanol–water partition coefficient (Wildman–Crippen LogP) is 1.60. The van der Waals surface area contributed by atoms with Crippen LogP contribution in [-0.4, -0.2) is 25.0 Å². The van der Waals surface area contributed by atoms with Gasteiger partial charge in [-0.3, -0.25) is 0 Å². The maximum absolute atomic E-state index is 13.6. The Morgan fingerprint density at radius 2 is 2.33 bits per heavy atom. The van der Waals surface area contributed by atoms with Crippen LogP contribution in [0.25, 0.3) is 0 Å². The number of rotatable bonds is 3. The van der Waals surface area contributed by atoms with Crippen LogP contribution in [-0.2, 0) is 0 Å². The van der Waals surface area contributed by atoms with E-state index in [2.05, 4.69) is 17.2 Å². The number of nitrogens with two attached hydrogens (primary N) is 1. The van der Waals surface area contributed by atoms with Crippen LogP contribution in [0.4, 0.5) is 4.39 Å². The van der Waals surface area contributed by atoms with Crippen LogP contribution in [0.15, 0.2) is 16.9 Å². The molecular weight excluding hydrogens is 193 g/mol. The normalized spacial score (nSPS) is 30.7. The van der Waals surface area contributed by atoms with Crippen molar-refractivity contribution in [2.45, 2.75) is 38.9 Å². The molecule has 4 heteroatoms. The fourth-order valence-corrected chi connectivity index (χ4v) is 1.63. The summed E-state index contributed by atoms with van der Waals surface area (Å²) in [6.45, 7) is 4.83. The Hall–Kier alpha value is -0.900. The molecule has 0 aromatic rings. The topological polar surface area (TPSA) is 50.4 Å². The zero-order chi connectivity index (χ0) is 11.3. The summed E-state index contributed by atoms with van der Waals surface area (Å²) in [4.78, 5) is 3.84. The minimum absolute atomic E-state index is 0.102. The maximum atomic E-state index is 13.6. The third-order valence-electron chi connectivity index (χ3n) is 2.75. The number of piperidine rings is 1. The van der Waals surface area contributed by atoms with E-state index < -0.39 is 6.17 Å². The van der Waals surface area contributed by atoms with Crippen LogP contribution >= 0.6 is 0 Å². The number of nitrogens with zero attached hydrogens (tertiary/aromatic N) is 1. The molecule has 0 spiro atoms. The monoisotopic (exact) mass is 213 g/mol. The highest BCUT2D eigenvalue weighted by Crippen LogP contribution is 2.16. The predicted molar refractivity (Wildman–Crippen MR) is 61.5 cm³/mol. The summed E-state index contributed by atoms with van der Waals surface area (Å²) in [7, 11) is 0.